The molecule has 0 radical (unpaired) electrons. The monoisotopic (exact) mass is 300 g/mol. The van der Waals surface area contributed by atoms with E-state index in [0.29, 0.717) is 27.8 Å². The molecule has 0 saturated heterocycles. The number of fused-ring (bicyclic) bond motifs is 1. The van der Waals surface area contributed by atoms with Gasteiger partial charge >= 0.3 is 0 Å². The first-order valence-electron chi connectivity index (χ1n) is 5.97. The van der Waals surface area contributed by atoms with E-state index in [0.717, 1.165) is 10.9 Å². The molecule has 0 atom stereocenters. The molecule has 21 heavy (non-hydrogen) atoms. The van der Waals surface area contributed by atoms with E-state index in [9.17, 15) is 0 Å². The van der Waals surface area contributed by atoms with Crippen LogP contribution < -0.4 is 22.7 Å². The predicted molar refractivity (Wildman–Crippen MR) is 82.3 cm³/mol. The van der Waals surface area contributed by atoms with Crippen LogP contribution in [0, 0.1) is 0 Å². The fourth-order valence-electron chi connectivity index (χ4n) is 1.78. The first kappa shape index (κ1) is 13.3. The number of nitrogens with one attached hydrogen (secondary N) is 1. The third-order valence-corrected chi connectivity index (χ3v) is 3.50. The van der Waals surface area contributed by atoms with Crippen LogP contribution in [0.1, 0.15) is 0 Å². The van der Waals surface area contributed by atoms with Gasteiger partial charge < -0.3 is 11.5 Å². The zero-order chi connectivity index (χ0) is 14.8. The Kier molecular flexibility index (Phi) is 3.42. The van der Waals surface area contributed by atoms with Crippen LogP contribution in [-0.4, -0.2) is 19.9 Å². The van der Waals surface area contributed by atoms with Crippen molar-refractivity contribution >= 4 is 40.2 Å². The van der Waals surface area contributed by atoms with Gasteiger partial charge in [0.25, 0.3) is 0 Å². The normalized spacial score (nSPS) is 10.7. The Morgan fingerprint density at radius 2 is 1.67 bits per heavy atom. The third-order valence-electron chi connectivity index (χ3n) is 2.63. The Balaban J connectivity index is 2.10. The van der Waals surface area contributed by atoms with Crippen LogP contribution in [0.15, 0.2) is 40.5 Å². The van der Waals surface area contributed by atoms with Crippen LogP contribution in [-0.2, 0) is 0 Å². The van der Waals surface area contributed by atoms with Crippen molar-refractivity contribution in [3.05, 3.63) is 30.3 Å². The number of hydrogen-bond acceptors (Lipinski definition) is 9. The molecular formula is C12H12N8S. The van der Waals surface area contributed by atoms with Crippen LogP contribution in [0.3, 0.4) is 0 Å². The molecule has 0 amide bonds. The molecule has 7 N–H and O–H groups in total. The second-order valence-corrected chi connectivity index (χ2v) is 5.07. The highest BCUT2D eigenvalue weighted by Crippen LogP contribution is 2.30. The van der Waals surface area contributed by atoms with E-state index in [1.165, 1.54) is 17.8 Å². The summed E-state index contributed by atoms with van der Waals surface area (Å²) >= 11 is 1.25. The lowest BCUT2D eigenvalue weighted by Gasteiger charge is -2.07. The Bertz CT molecular complexity index is 786. The van der Waals surface area contributed by atoms with Crippen molar-refractivity contribution in [3.8, 4) is 0 Å². The Morgan fingerprint density at radius 1 is 0.952 bits per heavy atom. The van der Waals surface area contributed by atoms with Gasteiger partial charge in [-0.05, 0) is 17.8 Å². The third kappa shape index (κ3) is 2.78. The standard InChI is InChI=1S/C12H12N8S/c13-8-5-9(14)18-12(17-8)21-10-6-3-1-2-4-7(6)16-11(19-10)20-15/h1-5H,15H2,(H,16,19,20)(H4,13,14,17,18). The van der Waals surface area contributed by atoms with Gasteiger partial charge in [0.1, 0.15) is 16.7 Å². The summed E-state index contributed by atoms with van der Waals surface area (Å²) in [6.45, 7) is 0. The lowest BCUT2D eigenvalue weighted by atomic mass is 10.2. The van der Waals surface area contributed by atoms with Crippen molar-refractivity contribution in [2.75, 3.05) is 16.9 Å². The van der Waals surface area contributed by atoms with E-state index < -0.39 is 0 Å². The summed E-state index contributed by atoms with van der Waals surface area (Å²) in [4.78, 5) is 16.9. The van der Waals surface area contributed by atoms with E-state index in [1.807, 2.05) is 24.3 Å². The molecule has 0 aliphatic rings. The molecule has 2 aromatic heterocycles. The van der Waals surface area contributed by atoms with Crippen molar-refractivity contribution in [1.82, 2.24) is 19.9 Å². The zero-order valence-corrected chi connectivity index (χ0v) is 11.6. The quantitative estimate of drug-likeness (QED) is 0.241. The number of aromatic nitrogens is 4. The van der Waals surface area contributed by atoms with Crippen LogP contribution in [0.25, 0.3) is 10.9 Å². The highest BCUT2D eigenvalue weighted by atomic mass is 32.2. The van der Waals surface area contributed by atoms with Gasteiger partial charge in [0.05, 0.1) is 5.52 Å². The van der Waals surface area contributed by atoms with Crippen molar-refractivity contribution in [1.29, 1.82) is 0 Å². The number of hydrazine groups is 1. The second-order valence-electron chi connectivity index (χ2n) is 4.12. The lowest BCUT2D eigenvalue weighted by molar-refractivity contribution is 0.976. The van der Waals surface area contributed by atoms with Gasteiger partial charge in [-0.2, -0.15) is 0 Å². The number of hydrogen-bond donors (Lipinski definition) is 4. The summed E-state index contributed by atoms with van der Waals surface area (Å²) in [7, 11) is 0. The SMILES string of the molecule is NNc1nc(Sc2nc(N)cc(N)n2)c2ccccc2n1. The molecule has 106 valence electrons. The maximum absolute atomic E-state index is 5.67. The van der Waals surface area contributed by atoms with Crippen LogP contribution in [0.5, 0.6) is 0 Å². The average molecular weight is 300 g/mol. The van der Waals surface area contributed by atoms with Gasteiger partial charge in [0.2, 0.25) is 5.95 Å². The molecule has 2 heterocycles. The number of anilines is 3. The van der Waals surface area contributed by atoms with Gasteiger partial charge in [-0.25, -0.2) is 25.8 Å². The van der Waals surface area contributed by atoms with Crippen molar-refractivity contribution in [2.24, 2.45) is 5.84 Å². The molecular weight excluding hydrogens is 288 g/mol. The number of benzene rings is 1. The van der Waals surface area contributed by atoms with Crippen LogP contribution in [0.4, 0.5) is 17.6 Å². The number of nitrogens with zero attached hydrogens (tertiary/aromatic N) is 4. The van der Waals surface area contributed by atoms with E-state index in [4.69, 9.17) is 17.3 Å². The largest absolute Gasteiger partial charge is 0.383 e. The van der Waals surface area contributed by atoms with Crippen LogP contribution >= 0.6 is 11.8 Å². The number of nitrogen functional groups attached to an aromatic ring is 3. The average Bonchev–Trinajstić information content (AvgIpc) is 2.46. The molecule has 3 aromatic rings. The predicted octanol–water partition coefficient (Wildman–Crippen LogP) is 1.02. The van der Waals surface area contributed by atoms with E-state index in [-0.39, 0.29) is 0 Å². The topological polar surface area (TPSA) is 142 Å². The fourth-order valence-corrected chi connectivity index (χ4v) is 2.67. The molecule has 0 fully saturated rings. The van der Waals surface area contributed by atoms with Crippen molar-refractivity contribution in [3.63, 3.8) is 0 Å². The summed E-state index contributed by atoms with van der Waals surface area (Å²) in [5, 5.41) is 1.95. The van der Waals surface area contributed by atoms with Crippen LogP contribution in [0.2, 0.25) is 0 Å². The Hall–Kier alpha value is -2.65. The number of nitrogens with two attached hydrogens (primary N) is 3. The van der Waals surface area contributed by atoms with Crippen molar-refractivity contribution < 1.29 is 0 Å². The first-order valence-corrected chi connectivity index (χ1v) is 6.78. The molecule has 0 unspecified atom stereocenters. The van der Waals surface area contributed by atoms with Gasteiger partial charge in [-0.15, -0.1) is 0 Å². The summed E-state index contributed by atoms with van der Waals surface area (Å²) in [6.07, 6.45) is 0. The maximum Gasteiger partial charge on any atom is 0.238 e. The fraction of sp³-hybridized carbons (Fsp3) is 0. The second kappa shape index (κ2) is 5.38. The van der Waals surface area contributed by atoms with E-state index in [1.54, 1.807) is 0 Å². The number of para-hydroxylation sites is 1. The van der Waals surface area contributed by atoms with Gasteiger partial charge in [-0.3, -0.25) is 5.43 Å². The molecule has 1 aromatic carbocycles. The Morgan fingerprint density at radius 3 is 2.38 bits per heavy atom. The highest BCUT2D eigenvalue weighted by molar-refractivity contribution is 7.99. The number of rotatable bonds is 3. The Labute approximate surface area is 124 Å². The molecule has 0 spiro atoms. The molecule has 8 nitrogen and oxygen atoms in total. The van der Waals surface area contributed by atoms with Gasteiger partial charge in [0, 0.05) is 11.5 Å². The summed E-state index contributed by atoms with van der Waals surface area (Å²) in [5.74, 6) is 6.32. The molecule has 0 aliphatic heterocycles. The highest BCUT2D eigenvalue weighted by Gasteiger charge is 2.11. The summed E-state index contributed by atoms with van der Waals surface area (Å²) < 4.78 is 0. The smallest absolute Gasteiger partial charge is 0.238 e. The van der Waals surface area contributed by atoms with E-state index in [2.05, 4.69) is 25.4 Å². The summed E-state index contributed by atoms with van der Waals surface area (Å²) in [6, 6.07) is 9.07. The minimum atomic E-state index is 0.306. The molecule has 0 saturated carbocycles. The lowest BCUT2D eigenvalue weighted by Crippen LogP contribution is -2.11. The van der Waals surface area contributed by atoms with Gasteiger partial charge in [0.15, 0.2) is 5.16 Å². The molecule has 0 aliphatic carbocycles. The first-order chi connectivity index (χ1) is 10.2. The van der Waals surface area contributed by atoms with Crippen molar-refractivity contribution in [2.45, 2.75) is 10.2 Å². The molecule has 9 heteroatoms. The van der Waals surface area contributed by atoms with E-state index >= 15 is 0 Å². The summed E-state index contributed by atoms with van der Waals surface area (Å²) in [5.41, 5.74) is 14.6. The zero-order valence-electron chi connectivity index (χ0n) is 10.8. The minimum absolute atomic E-state index is 0.306. The maximum atomic E-state index is 5.67. The minimum Gasteiger partial charge on any atom is -0.383 e. The molecule has 3 rings (SSSR count). The molecule has 0 bridgehead atoms. The van der Waals surface area contributed by atoms with Gasteiger partial charge in [-0.1, -0.05) is 18.2 Å².